The zero-order chi connectivity index (χ0) is 13.3. The first-order valence-electron chi connectivity index (χ1n) is 8.33. The highest BCUT2D eigenvalue weighted by Crippen LogP contribution is 2.60. The number of nitrogens with zero attached hydrogens (tertiary/aromatic N) is 3. The molecule has 6 rings (SSSR count). The van der Waals surface area contributed by atoms with Crippen LogP contribution in [0.15, 0.2) is 0 Å². The molecule has 0 atom stereocenters. The normalized spacial score (nSPS) is 42.4. The van der Waals surface area contributed by atoms with Crippen molar-refractivity contribution in [2.24, 2.45) is 23.7 Å². The third-order valence-corrected chi connectivity index (χ3v) is 6.59. The van der Waals surface area contributed by atoms with Gasteiger partial charge >= 0.3 is 0 Å². The molecule has 0 N–H and O–H groups in total. The molecule has 4 bridgehead atoms. The number of aromatic nitrogens is 3. The van der Waals surface area contributed by atoms with Gasteiger partial charge in [0.25, 0.3) is 0 Å². The van der Waals surface area contributed by atoms with Gasteiger partial charge in [0.1, 0.15) is 11.6 Å². The summed E-state index contributed by atoms with van der Waals surface area (Å²) in [7, 11) is 0. The van der Waals surface area contributed by atoms with Crippen LogP contribution in [-0.2, 0) is 5.88 Å². The predicted octanol–water partition coefficient (Wildman–Crippen LogP) is 3.89. The Morgan fingerprint density at radius 3 is 2.15 bits per heavy atom. The van der Waals surface area contributed by atoms with Crippen LogP contribution in [0.2, 0.25) is 0 Å². The highest BCUT2D eigenvalue weighted by molar-refractivity contribution is 6.16. The van der Waals surface area contributed by atoms with Crippen LogP contribution in [0, 0.1) is 23.7 Å². The molecular weight excluding hydrogens is 270 g/mol. The first-order valence-corrected chi connectivity index (χ1v) is 8.86. The van der Waals surface area contributed by atoms with Crippen molar-refractivity contribution >= 4 is 11.6 Å². The van der Waals surface area contributed by atoms with Gasteiger partial charge in [-0.2, -0.15) is 0 Å². The fraction of sp³-hybridized carbons (Fsp3) is 0.875. The summed E-state index contributed by atoms with van der Waals surface area (Å²) in [6.07, 6.45) is 9.90. The van der Waals surface area contributed by atoms with Crippen molar-refractivity contribution in [1.29, 1.82) is 0 Å². The Morgan fingerprint density at radius 2 is 1.60 bits per heavy atom. The first-order chi connectivity index (χ1) is 9.83. The smallest absolute Gasteiger partial charge is 0.148 e. The highest BCUT2D eigenvalue weighted by atomic mass is 35.5. The summed E-state index contributed by atoms with van der Waals surface area (Å²) in [5.41, 5.74) is 0. The second-order valence-electron chi connectivity index (χ2n) is 7.67. The van der Waals surface area contributed by atoms with E-state index in [4.69, 9.17) is 11.6 Å². The molecule has 0 aliphatic heterocycles. The van der Waals surface area contributed by atoms with Gasteiger partial charge in [-0.25, -0.2) is 0 Å². The molecule has 0 amide bonds. The quantitative estimate of drug-likeness (QED) is 0.791. The molecule has 0 unspecified atom stereocenters. The lowest BCUT2D eigenvalue weighted by molar-refractivity contribution is -0.00693. The van der Waals surface area contributed by atoms with E-state index in [-0.39, 0.29) is 0 Å². The molecule has 5 aliphatic rings. The molecule has 0 saturated heterocycles. The molecule has 5 saturated carbocycles. The van der Waals surface area contributed by atoms with Crippen LogP contribution in [0.3, 0.4) is 0 Å². The lowest BCUT2D eigenvalue weighted by Crippen LogP contribution is -2.44. The minimum atomic E-state index is 0.511. The van der Waals surface area contributed by atoms with Crippen LogP contribution in [-0.4, -0.2) is 14.8 Å². The maximum atomic E-state index is 6.08. The Kier molecular flexibility index (Phi) is 2.54. The molecular formula is C16H22ClN3. The molecule has 1 aromatic rings. The molecule has 4 heteroatoms. The Hall–Kier alpha value is -0.570. The van der Waals surface area contributed by atoms with Gasteiger partial charge in [0.2, 0.25) is 0 Å². The van der Waals surface area contributed by atoms with Crippen LogP contribution in [0.4, 0.5) is 0 Å². The molecule has 20 heavy (non-hydrogen) atoms. The zero-order valence-electron chi connectivity index (χ0n) is 11.8. The van der Waals surface area contributed by atoms with E-state index in [0.29, 0.717) is 17.8 Å². The monoisotopic (exact) mass is 291 g/mol. The molecule has 0 radical (unpaired) electrons. The highest BCUT2D eigenvalue weighted by Gasteiger charge is 2.50. The van der Waals surface area contributed by atoms with Crippen molar-refractivity contribution in [3.63, 3.8) is 0 Å². The molecule has 108 valence electrons. The first kappa shape index (κ1) is 12.0. The van der Waals surface area contributed by atoms with Crippen LogP contribution < -0.4 is 0 Å². The van der Waals surface area contributed by atoms with Crippen molar-refractivity contribution in [3.8, 4) is 0 Å². The van der Waals surface area contributed by atoms with Crippen molar-refractivity contribution in [2.75, 3.05) is 0 Å². The van der Waals surface area contributed by atoms with Gasteiger partial charge in [-0.1, -0.05) is 0 Å². The predicted molar refractivity (Wildman–Crippen MR) is 77.6 cm³/mol. The number of halogens is 1. The average molecular weight is 292 g/mol. The SMILES string of the molecule is ClCc1nnc(C2C3CC4CC(C3)CC2C4)n1C1CC1. The Balaban J connectivity index is 1.55. The van der Waals surface area contributed by atoms with Crippen molar-refractivity contribution < 1.29 is 0 Å². The second-order valence-corrected chi connectivity index (χ2v) is 7.93. The lowest BCUT2D eigenvalue weighted by Gasteiger charge is -2.54. The fourth-order valence-corrected chi connectivity index (χ4v) is 5.92. The lowest BCUT2D eigenvalue weighted by atomic mass is 9.51. The van der Waals surface area contributed by atoms with Gasteiger partial charge in [0.05, 0.1) is 5.88 Å². The summed E-state index contributed by atoms with van der Waals surface area (Å²) in [6, 6.07) is 0.658. The van der Waals surface area contributed by atoms with Crippen LogP contribution in [0.25, 0.3) is 0 Å². The van der Waals surface area contributed by atoms with Gasteiger partial charge in [0.15, 0.2) is 0 Å². The van der Waals surface area contributed by atoms with Crippen LogP contribution >= 0.6 is 11.6 Å². The van der Waals surface area contributed by atoms with Gasteiger partial charge in [-0.15, -0.1) is 21.8 Å². The molecule has 1 aromatic heterocycles. The maximum Gasteiger partial charge on any atom is 0.148 e. The summed E-state index contributed by atoms with van der Waals surface area (Å²) in [4.78, 5) is 0. The summed E-state index contributed by atoms with van der Waals surface area (Å²) in [5.74, 6) is 7.34. The third kappa shape index (κ3) is 1.65. The van der Waals surface area contributed by atoms with E-state index in [2.05, 4.69) is 14.8 Å². The molecule has 0 spiro atoms. The molecule has 3 nitrogen and oxygen atoms in total. The number of alkyl halides is 1. The summed E-state index contributed by atoms with van der Waals surface area (Å²) in [6.45, 7) is 0. The van der Waals surface area contributed by atoms with E-state index < -0.39 is 0 Å². The molecule has 5 fully saturated rings. The van der Waals surface area contributed by atoms with Gasteiger partial charge in [0, 0.05) is 12.0 Å². The standard InChI is InChI=1S/C16H22ClN3/c17-8-14-18-19-16(20(14)13-1-2-13)15-11-4-9-3-10(6-11)7-12(15)5-9/h9-13,15H,1-8H2. The van der Waals surface area contributed by atoms with Crippen molar-refractivity contribution in [1.82, 2.24) is 14.8 Å². The number of rotatable bonds is 3. The van der Waals surface area contributed by atoms with Crippen molar-refractivity contribution in [2.45, 2.75) is 62.8 Å². The molecule has 0 aromatic carbocycles. The van der Waals surface area contributed by atoms with E-state index in [9.17, 15) is 0 Å². The Labute approximate surface area is 125 Å². The Morgan fingerprint density at radius 1 is 0.950 bits per heavy atom. The summed E-state index contributed by atoms with van der Waals surface area (Å²) < 4.78 is 2.43. The fourth-order valence-electron chi connectivity index (χ4n) is 5.73. The van der Waals surface area contributed by atoms with E-state index >= 15 is 0 Å². The molecule has 5 aliphatic carbocycles. The van der Waals surface area contributed by atoms with Gasteiger partial charge in [-0.3, -0.25) is 0 Å². The minimum absolute atomic E-state index is 0.511. The Bertz CT molecular complexity index is 506. The van der Waals surface area contributed by atoms with Crippen LogP contribution in [0.5, 0.6) is 0 Å². The minimum Gasteiger partial charge on any atom is -0.311 e. The topological polar surface area (TPSA) is 30.7 Å². The molecule has 1 heterocycles. The van der Waals surface area contributed by atoms with Gasteiger partial charge < -0.3 is 4.57 Å². The van der Waals surface area contributed by atoms with Crippen molar-refractivity contribution in [3.05, 3.63) is 11.6 Å². The number of hydrogen-bond acceptors (Lipinski definition) is 2. The largest absolute Gasteiger partial charge is 0.311 e. The maximum absolute atomic E-state index is 6.08. The second kappa shape index (κ2) is 4.22. The zero-order valence-corrected chi connectivity index (χ0v) is 12.6. The summed E-state index contributed by atoms with van der Waals surface area (Å²) >= 11 is 6.08. The van der Waals surface area contributed by atoms with Crippen LogP contribution in [0.1, 0.15) is 68.6 Å². The van der Waals surface area contributed by atoms with E-state index in [0.717, 1.165) is 29.5 Å². The van der Waals surface area contributed by atoms with E-state index in [1.165, 1.54) is 50.8 Å². The van der Waals surface area contributed by atoms with E-state index in [1.54, 1.807) is 0 Å². The summed E-state index contributed by atoms with van der Waals surface area (Å²) in [5, 5.41) is 9.03. The average Bonchev–Trinajstić information content (AvgIpc) is 3.18. The van der Waals surface area contributed by atoms with E-state index in [1.807, 2.05) is 0 Å². The number of hydrogen-bond donors (Lipinski definition) is 0. The van der Waals surface area contributed by atoms with Gasteiger partial charge in [-0.05, 0) is 68.6 Å². The third-order valence-electron chi connectivity index (χ3n) is 6.35.